The first kappa shape index (κ1) is 64.6. The molecule has 1 amide bonds. The van der Waals surface area contributed by atoms with Gasteiger partial charge in [0.05, 0.1) is 18.8 Å². The molecule has 5 heteroatoms. The molecule has 0 saturated carbocycles. The van der Waals surface area contributed by atoms with E-state index in [1.807, 2.05) is 6.08 Å². The van der Waals surface area contributed by atoms with Crippen molar-refractivity contribution < 1.29 is 20.1 Å². The van der Waals surface area contributed by atoms with E-state index in [-0.39, 0.29) is 6.61 Å². The highest BCUT2D eigenvalue weighted by atomic mass is 16.3. The van der Waals surface area contributed by atoms with Crippen molar-refractivity contribution in [3.05, 3.63) is 36.5 Å². The summed E-state index contributed by atoms with van der Waals surface area (Å²) in [5.74, 6) is -0.500. The number of amides is 1. The molecular weight excluding hydrogens is 811 g/mol. The highest BCUT2D eigenvalue weighted by molar-refractivity contribution is 5.80. The van der Waals surface area contributed by atoms with E-state index < -0.39 is 24.2 Å². The Morgan fingerprint density at radius 1 is 0.379 bits per heavy atom. The molecule has 0 aromatic heterocycles. The van der Waals surface area contributed by atoms with Crippen molar-refractivity contribution in [2.45, 2.75) is 340 Å². The summed E-state index contributed by atoms with van der Waals surface area (Å²) in [6, 6.07) is -0.799. The molecule has 0 aliphatic heterocycles. The van der Waals surface area contributed by atoms with E-state index in [9.17, 15) is 20.1 Å². The van der Waals surface area contributed by atoms with Crippen LogP contribution >= 0.6 is 0 Å². The lowest BCUT2D eigenvalue weighted by Crippen LogP contribution is -2.48. The monoisotopic (exact) mass is 928 g/mol. The second-order valence-corrected chi connectivity index (χ2v) is 20.6. The smallest absolute Gasteiger partial charge is 0.249 e. The van der Waals surface area contributed by atoms with Crippen LogP contribution in [0, 0.1) is 0 Å². The molecule has 0 radical (unpaired) electrons. The van der Waals surface area contributed by atoms with Crippen molar-refractivity contribution in [3.63, 3.8) is 0 Å². The van der Waals surface area contributed by atoms with Gasteiger partial charge in [0.15, 0.2) is 0 Å². The lowest BCUT2D eigenvalue weighted by molar-refractivity contribution is -0.131. The Bertz CT molecular complexity index is 1020. The molecule has 5 nitrogen and oxygen atoms in total. The molecule has 0 bridgehead atoms. The minimum absolute atomic E-state index is 0.362. The number of aliphatic hydroxyl groups is 3. The molecule has 0 aliphatic rings. The molecule has 0 fully saturated rings. The molecule has 0 aliphatic carbocycles. The standard InChI is InChI=1S/C61H117NO4/c1-3-5-7-9-11-13-15-17-19-21-23-25-27-29-30-31-32-34-36-38-40-42-44-46-48-50-52-54-56-60(65)61(66)62-58(57-63)59(64)55-53-51-49-47-45-43-41-39-37-35-33-28-26-24-22-20-18-16-14-12-10-8-6-4-2/h23,25,29-30,53,55,58-60,63-65H,3-22,24,26-28,31-52,54,56-57H2,1-2H3,(H,62,66)/b25-23-,30-29-,55-53+. The summed E-state index contributed by atoms with van der Waals surface area (Å²) in [7, 11) is 0. The van der Waals surface area contributed by atoms with Gasteiger partial charge in [0, 0.05) is 0 Å². The maximum atomic E-state index is 12.6. The first-order chi connectivity index (χ1) is 32.6. The molecule has 66 heavy (non-hydrogen) atoms. The van der Waals surface area contributed by atoms with Gasteiger partial charge in [-0.15, -0.1) is 0 Å². The van der Waals surface area contributed by atoms with Crippen LogP contribution in [0.1, 0.15) is 322 Å². The van der Waals surface area contributed by atoms with Gasteiger partial charge in [-0.1, -0.05) is 307 Å². The van der Waals surface area contributed by atoms with Crippen molar-refractivity contribution >= 4 is 5.91 Å². The Labute approximate surface area is 413 Å². The van der Waals surface area contributed by atoms with Gasteiger partial charge in [0.1, 0.15) is 6.10 Å². The van der Waals surface area contributed by atoms with Crippen LogP contribution in [0.25, 0.3) is 0 Å². The fraction of sp³-hybridized carbons (Fsp3) is 0.885. The van der Waals surface area contributed by atoms with Crippen LogP contribution < -0.4 is 5.32 Å². The number of allylic oxidation sites excluding steroid dienone is 5. The van der Waals surface area contributed by atoms with Crippen LogP contribution in [-0.4, -0.2) is 46.1 Å². The van der Waals surface area contributed by atoms with Gasteiger partial charge in [0.2, 0.25) is 5.91 Å². The number of carbonyl (C=O) groups is 1. The van der Waals surface area contributed by atoms with Crippen LogP contribution in [0.4, 0.5) is 0 Å². The number of hydrogen-bond donors (Lipinski definition) is 4. The predicted molar refractivity (Wildman–Crippen MR) is 291 cm³/mol. The molecule has 0 aromatic rings. The zero-order chi connectivity index (χ0) is 47.9. The third kappa shape index (κ3) is 50.4. The van der Waals surface area contributed by atoms with E-state index in [0.29, 0.717) is 6.42 Å². The molecule has 0 rings (SSSR count). The predicted octanol–water partition coefficient (Wildman–Crippen LogP) is 18.6. The van der Waals surface area contributed by atoms with Crippen LogP contribution in [-0.2, 0) is 4.79 Å². The first-order valence-corrected chi connectivity index (χ1v) is 29.8. The minimum atomic E-state index is -1.10. The zero-order valence-electron chi connectivity index (χ0n) is 44.6. The summed E-state index contributed by atoms with van der Waals surface area (Å²) in [5, 5.41) is 33.4. The van der Waals surface area contributed by atoms with Crippen molar-refractivity contribution in [1.82, 2.24) is 5.32 Å². The molecule has 390 valence electrons. The quantitative estimate of drug-likeness (QED) is 0.0361. The van der Waals surface area contributed by atoms with Crippen LogP contribution in [0.15, 0.2) is 36.5 Å². The highest BCUT2D eigenvalue weighted by Gasteiger charge is 2.22. The summed E-state index contributed by atoms with van der Waals surface area (Å²) in [4.78, 5) is 12.6. The second-order valence-electron chi connectivity index (χ2n) is 20.6. The Morgan fingerprint density at radius 3 is 0.955 bits per heavy atom. The Balaban J connectivity index is 3.56. The van der Waals surface area contributed by atoms with E-state index in [1.165, 1.54) is 263 Å². The summed E-state index contributed by atoms with van der Waals surface area (Å²) in [6.07, 6.45) is 73.7. The van der Waals surface area contributed by atoms with Crippen molar-refractivity contribution in [3.8, 4) is 0 Å². The zero-order valence-corrected chi connectivity index (χ0v) is 44.6. The van der Waals surface area contributed by atoms with Crippen LogP contribution in [0.3, 0.4) is 0 Å². The van der Waals surface area contributed by atoms with Gasteiger partial charge >= 0.3 is 0 Å². The van der Waals surface area contributed by atoms with E-state index in [0.717, 1.165) is 38.5 Å². The fourth-order valence-corrected chi connectivity index (χ4v) is 9.34. The molecule has 0 spiro atoms. The third-order valence-corrected chi connectivity index (χ3v) is 14.0. The normalized spacial score (nSPS) is 13.5. The average molecular weight is 929 g/mol. The molecule has 3 unspecified atom stereocenters. The Kier molecular flexibility index (Phi) is 54.9. The number of rotatable bonds is 55. The molecule has 0 heterocycles. The fourth-order valence-electron chi connectivity index (χ4n) is 9.34. The van der Waals surface area contributed by atoms with Crippen LogP contribution in [0.2, 0.25) is 0 Å². The summed E-state index contributed by atoms with van der Waals surface area (Å²) < 4.78 is 0. The van der Waals surface area contributed by atoms with Gasteiger partial charge in [0.25, 0.3) is 0 Å². The van der Waals surface area contributed by atoms with Gasteiger partial charge < -0.3 is 20.6 Å². The largest absolute Gasteiger partial charge is 0.394 e. The van der Waals surface area contributed by atoms with E-state index in [1.54, 1.807) is 6.08 Å². The summed E-state index contributed by atoms with van der Waals surface area (Å²) >= 11 is 0. The first-order valence-electron chi connectivity index (χ1n) is 29.8. The topological polar surface area (TPSA) is 89.8 Å². The molecule has 3 atom stereocenters. The van der Waals surface area contributed by atoms with Gasteiger partial charge in [-0.25, -0.2) is 0 Å². The van der Waals surface area contributed by atoms with Gasteiger partial charge in [-0.3, -0.25) is 4.79 Å². The number of aliphatic hydroxyl groups excluding tert-OH is 3. The van der Waals surface area contributed by atoms with E-state index in [2.05, 4.69) is 43.5 Å². The summed E-state index contributed by atoms with van der Waals surface area (Å²) in [6.45, 7) is 4.22. The molecule has 0 aromatic carbocycles. The lowest BCUT2D eigenvalue weighted by Gasteiger charge is -2.21. The van der Waals surface area contributed by atoms with E-state index in [4.69, 9.17) is 0 Å². The molecular formula is C61H117NO4. The van der Waals surface area contributed by atoms with Gasteiger partial charge in [-0.05, 0) is 51.4 Å². The number of hydrogen-bond acceptors (Lipinski definition) is 4. The average Bonchev–Trinajstić information content (AvgIpc) is 3.32. The van der Waals surface area contributed by atoms with E-state index >= 15 is 0 Å². The number of nitrogens with one attached hydrogen (secondary N) is 1. The molecule has 0 saturated heterocycles. The molecule has 4 N–H and O–H groups in total. The third-order valence-electron chi connectivity index (χ3n) is 14.0. The highest BCUT2D eigenvalue weighted by Crippen LogP contribution is 2.18. The maximum Gasteiger partial charge on any atom is 0.249 e. The lowest BCUT2D eigenvalue weighted by atomic mass is 10.0. The van der Waals surface area contributed by atoms with Gasteiger partial charge in [-0.2, -0.15) is 0 Å². The number of carbonyl (C=O) groups excluding carboxylic acids is 1. The van der Waals surface area contributed by atoms with Crippen molar-refractivity contribution in [1.29, 1.82) is 0 Å². The Hall–Kier alpha value is -1.43. The van der Waals surface area contributed by atoms with Crippen molar-refractivity contribution in [2.24, 2.45) is 0 Å². The summed E-state index contributed by atoms with van der Waals surface area (Å²) in [5.41, 5.74) is 0. The maximum absolute atomic E-state index is 12.6. The van der Waals surface area contributed by atoms with Crippen LogP contribution in [0.5, 0.6) is 0 Å². The Morgan fingerprint density at radius 2 is 0.652 bits per heavy atom. The SMILES string of the molecule is CCCCCCCCCCC/C=C\C/C=C\CCCCCCCCCCCCCCC(O)C(=O)NC(CO)C(O)/C=C/CCCCCCCCCCCCCCCCCCCCCCCC. The minimum Gasteiger partial charge on any atom is -0.394 e. The van der Waals surface area contributed by atoms with Crippen molar-refractivity contribution in [2.75, 3.05) is 6.61 Å². The second kappa shape index (κ2) is 56.2. The number of unbranched alkanes of at least 4 members (excludes halogenated alkanes) is 43.